The summed E-state index contributed by atoms with van der Waals surface area (Å²) in [7, 11) is 0. The summed E-state index contributed by atoms with van der Waals surface area (Å²) < 4.78 is 14.5. The molecule has 3 aromatic rings. The minimum absolute atomic E-state index is 0.0479. The molecule has 0 spiro atoms. The van der Waals surface area contributed by atoms with Crippen molar-refractivity contribution in [3.05, 3.63) is 39.8 Å². The van der Waals surface area contributed by atoms with Gasteiger partial charge in [-0.05, 0) is 37.4 Å². The summed E-state index contributed by atoms with van der Waals surface area (Å²) in [5.41, 5.74) is 8.01. The van der Waals surface area contributed by atoms with E-state index in [1.54, 1.807) is 11.3 Å². The highest BCUT2D eigenvalue weighted by atomic mass is 35.5. The Morgan fingerprint density at radius 3 is 2.92 bits per heavy atom. The van der Waals surface area contributed by atoms with Gasteiger partial charge in [0.1, 0.15) is 12.1 Å². The van der Waals surface area contributed by atoms with Crippen LogP contribution in [0.1, 0.15) is 23.1 Å². The van der Waals surface area contributed by atoms with Crippen LogP contribution in [0, 0.1) is 12.7 Å². The first kappa shape index (κ1) is 16.9. The lowest BCUT2D eigenvalue weighted by Gasteiger charge is -2.07. The summed E-state index contributed by atoms with van der Waals surface area (Å²) in [6, 6.07) is 0.0479. The quantitative estimate of drug-likeness (QED) is 0.674. The van der Waals surface area contributed by atoms with Gasteiger partial charge in [-0.1, -0.05) is 0 Å². The van der Waals surface area contributed by atoms with Crippen molar-refractivity contribution >= 4 is 39.0 Å². The van der Waals surface area contributed by atoms with Gasteiger partial charge in [-0.3, -0.25) is 0 Å². The lowest BCUT2D eigenvalue weighted by molar-refractivity contribution is 0.594. The summed E-state index contributed by atoms with van der Waals surface area (Å²) in [5.74, 6) is 0.0911. The van der Waals surface area contributed by atoms with Gasteiger partial charge in [0.25, 0.3) is 0 Å². The molecule has 0 unspecified atom stereocenters. The van der Waals surface area contributed by atoms with Crippen molar-refractivity contribution in [3.63, 3.8) is 0 Å². The molecule has 0 aliphatic heterocycles. The highest BCUT2D eigenvalue weighted by molar-refractivity contribution is 7.19. The number of hydrogen-bond acceptors (Lipinski definition) is 7. The van der Waals surface area contributed by atoms with Crippen LogP contribution in [0.15, 0.2) is 12.5 Å². The first-order chi connectivity index (χ1) is 11.5. The van der Waals surface area contributed by atoms with E-state index in [1.165, 1.54) is 6.33 Å². The number of nitrogens with two attached hydrogens (primary N) is 1. The van der Waals surface area contributed by atoms with Crippen molar-refractivity contribution in [3.8, 4) is 0 Å². The van der Waals surface area contributed by atoms with Crippen LogP contribution in [0.25, 0.3) is 10.2 Å². The van der Waals surface area contributed by atoms with Crippen LogP contribution in [0.2, 0.25) is 5.28 Å². The molecule has 3 rings (SSSR count). The van der Waals surface area contributed by atoms with Crippen molar-refractivity contribution < 1.29 is 4.39 Å². The predicted molar refractivity (Wildman–Crippen MR) is 93.8 cm³/mol. The number of hydrogen-bond donors (Lipinski definition) is 2. The first-order valence-electron chi connectivity index (χ1n) is 7.35. The summed E-state index contributed by atoms with van der Waals surface area (Å²) in [5, 5.41) is 3.23. The molecule has 0 amide bonds. The number of nitrogens with zero attached hydrogens (tertiary/aromatic N) is 4. The Kier molecular flexibility index (Phi) is 4.88. The van der Waals surface area contributed by atoms with Gasteiger partial charge in [0.15, 0.2) is 5.82 Å². The molecule has 3 aromatic heterocycles. The van der Waals surface area contributed by atoms with E-state index in [0.29, 0.717) is 5.82 Å². The molecule has 9 heteroatoms. The van der Waals surface area contributed by atoms with Crippen molar-refractivity contribution in [2.75, 3.05) is 5.32 Å². The van der Waals surface area contributed by atoms with E-state index in [9.17, 15) is 4.39 Å². The molecule has 3 heterocycles. The minimum Gasteiger partial charge on any atom is -0.363 e. The van der Waals surface area contributed by atoms with Gasteiger partial charge in [0, 0.05) is 10.9 Å². The molecule has 126 valence electrons. The maximum Gasteiger partial charge on any atom is 0.224 e. The molecule has 0 saturated heterocycles. The second-order valence-electron chi connectivity index (χ2n) is 5.52. The maximum absolute atomic E-state index is 13.7. The first-order valence-corrected chi connectivity index (χ1v) is 8.54. The topological polar surface area (TPSA) is 89.6 Å². The number of nitrogens with one attached hydrogen (secondary N) is 1. The molecule has 0 fully saturated rings. The Morgan fingerprint density at radius 1 is 1.42 bits per heavy atom. The van der Waals surface area contributed by atoms with Crippen LogP contribution in [-0.2, 0) is 13.0 Å². The average Bonchev–Trinajstić information content (AvgIpc) is 2.82. The molecule has 24 heavy (non-hydrogen) atoms. The maximum atomic E-state index is 13.7. The van der Waals surface area contributed by atoms with Crippen molar-refractivity contribution in [1.82, 2.24) is 19.9 Å². The van der Waals surface area contributed by atoms with Gasteiger partial charge < -0.3 is 11.1 Å². The van der Waals surface area contributed by atoms with E-state index in [2.05, 4.69) is 25.3 Å². The number of aromatic nitrogens is 4. The van der Waals surface area contributed by atoms with Crippen LogP contribution in [0.5, 0.6) is 0 Å². The fourth-order valence-corrected chi connectivity index (χ4v) is 3.87. The minimum atomic E-state index is -0.471. The van der Waals surface area contributed by atoms with Crippen molar-refractivity contribution in [2.45, 2.75) is 32.9 Å². The Labute approximate surface area is 147 Å². The summed E-state index contributed by atoms with van der Waals surface area (Å²) in [4.78, 5) is 17.3. The fraction of sp³-hybridized carbons (Fsp3) is 0.333. The van der Waals surface area contributed by atoms with Crippen LogP contribution >= 0.6 is 22.9 Å². The van der Waals surface area contributed by atoms with Crippen LogP contribution in [0.3, 0.4) is 0 Å². The van der Waals surface area contributed by atoms with Crippen LogP contribution in [-0.4, -0.2) is 26.0 Å². The third-order valence-electron chi connectivity index (χ3n) is 3.51. The van der Waals surface area contributed by atoms with E-state index >= 15 is 0 Å². The van der Waals surface area contributed by atoms with Gasteiger partial charge in [-0.15, -0.1) is 11.3 Å². The van der Waals surface area contributed by atoms with Gasteiger partial charge in [-0.2, -0.15) is 4.98 Å². The summed E-state index contributed by atoms with van der Waals surface area (Å²) >= 11 is 7.62. The van der Waals surface area contributed by atoms with Gasteiger partial charge >= 0.3 is 0 Å². The van der Waals surface area contributed by atoms with Crippen LogP contribution in [0.4, 0.5) is 10.2 Å². The van der Waals surface area contributed by atoms with E-state index in [1.807, 2.05) is 13.8 Å². The van der Waals surface area contributed by atoms with Crippen LogP contribution < -0.4 is 11.1 Å². The van der Waals surface area contributed by atoms with Gasteiger partial charge in [0.2, 0.25) is 5.28 Å². The lowest BCUT2D eigenvalue weighted by atomic mass is 10.1. The van der Waals surface area contributed by atoms with E-state index in [4.69, 9.17) is 17.3 Å². The zero-order chi connectivity index (χ0) is 17.3. The number of thiophene rings is 1. The van der Waals surface area contributed by atoms with E-state index in [0.717, 1.165) is 33.3 Å². The molecular weight excluding hydrogens is 351 g/mol. The smallest absolute Gasteiger partial charge is 0.224 e. The Bertz CT molecular complexity index is 882. The Hall–Kier alpha value is -1.90. The molecular formula is C15H16ClFN6S. The number of aryl methyl sites for hydroxylation is 1. The molecule has 0 aromatic carbocycles. The molecule has 0 saturated carbocycles. The lowest BCUT2D eigenvalue weighted by Crippen LogP contribution is -2.17. The highest BCUT2D eigenvalue weighted by Crippen LogP contribution is 2.35. The second kappa shape index (κ2) is 6.92. The molecule has 3 N–H and O–H groups in total. The normalized spacial score (nSPS) is 12.5. The predicted octanol–water partition coefficient (Wildman–Crippen LogP) is 3.08. The second-order valence-corrected chi connectivity index (χ2v) is 6.96. The van der Waals surface area contributed by atoms with Gasteiger partial charge in [-0.25, -0.2) is 19.3 Å². The SMILES string of the molecule is Cc1c(C[C@H](C)N)sc2c(NCc3ncncc3F)nc(Cl)nc12. The third kappa shape index (κ3) is 3.45. The standard InChI is InChI=1S/C15H16ClFN6S/c1-7(18)3-11-8(2)12-13(24-11)14(23-15(16)22-12)20-5-10-9(17)4-19-6-21-10/h4,6-7H,3,5,18H2,1-2H3,(H,20,22,23)/t7-/m0/s1. The van der Waals surface area contributed by atoms with E-state index < -0.39 is 5.82 Å². The number of fused-ring (bicyclic) bond motifs is 1. The zero-order valence-electron chi connectivity index (χ0n) is 13.2. The summed E-state index contributed by atoms with van der Waals surface area (Å²) in [6.45, 7) is 4.13. The van der Waals surface area contributed by atoms with Crippen molar-refractivity contribution in [2.24, 2.45) is 5.73 Å². The number of halogens is 2. The largest absolute Gasteiger partial charge is 0.363 e. The van der Waals surface area contributed by atoms with E-state index in [-0.39, 0.29) is 23.6 Å². The highest BCUT2D eigenvalue weighted by Gasteiger charge is 2.17. The Balaban J connectivity index is 1.96. The average molecular weight is 367 g/mol. The number of anilines is 1. The molecule has 1 atom stereocenters. The van der Waals surface area contributed by atoms with Gasteiger partial charge in [0.05, 0.1) is 28.7 Å². The monoisotopic (exact) mass is 366 g/mol. The fourth-order valence-electron chi connectivity index (χ4n) is 2.35. The van der Waals surface area contributed by atoms with Crippen molar-refractivity contribution in [1.29, 1.82) is 0 Å². The molecule has 0 bridgehead atoms. The summed E-state index contributed by atoms with van der Waals surface area (Å²) in [6.07, 6.45) is 3.19. The molecule has 6 nitrogen and oxygen atoms in total. The molecule has 0 aliphatic carbocycles. The molecule has 0 aliphatic rings. The number of rotatable bonds is 5. The molecule has 0 radical (unpaired) electrons. The Morgan fingerprint density at radius 2 is 2.21 bits per heavy atom. The third-order valence-corrected chi connectivity index (χ3v) is 4.99. The zero-order valence-corrected chi connectivity index (χ0v) is 14.7.